The Morgan fingerprint density at radius 1 is 0.962 bits per heavy atom. The van der Waals surface area contributed by atoms with Gasteiger partial charge in [-0.25, -0.2) is 9.78 Å². The first-order chi connectivity index (χ1) is 12.8. The van der Waals surface area contributed by atoms with E-state index < -0.39 is 0 Å². The number of carbonyl (C=O) groups is 1. The van der Waals surface area contributed by atoms with E-state index in [1.165, 1.54) is 25.7 Å². The fourth-order valence-corrected chi connectivity index (χ4v) is 4.62. The Labute approximate surface area is 156 Å². The second-order valence-corrected chi connectivity index (χ2v) is 7.86. The van der Waals surface area contributed by atoms with Gasteiger partial charge in [-0.1, -0.05) is 18.9 Å². The molecule has 2 amide bonds. The Morgan fingerprint density at radius 2 is 1.69 bits per heavy atom. The average molecular weight is 358 g/mol. The van der Waals surface area contributed by atoms with Crippen molar-refractivity contribution >= 4 is 11.8 Å². The van der Waals surface area contributed by atoms with Gasteiger partial charge >= 0.3 is 6.03 Å². The van der Waals surface area contributed by atoms with E-state index in [-0.39, 0.29) is 12.1 Å². The van der Waals surface area contributed by atoms with E-state index in [2.05, 4.69) is 26.2 Å². The zero-order valence-electron chi connectivity index (χ0n) is 15.6. The Balaban J connectivity index is 1.20. The predicted octanol–water partition coefficient (Wildman–Crippen LogP) is 2.32. The van der Waals surface area contributed by atoms with E-state index in [1.807, 2.05) is 23.2 Å². The number of anilines is 1. The Bertz CT molecular complexity index is 573. The molecule has 0 unspecified atom stereocenters. The Morgan fingerprint density at radius 3 is 2.35 bits per heavy atom. The summed E-state index contributed by atoms with van der Waals surface area (Å²) < 4.78 is 0. The molecule has 26 heavy (non-hydrogen) atoms. The average Bonchev–Trinajstić information content (AvgIpc) is 3.24. The van der Waals surface area contributed by atoms with Crippen molar-refractivity contribution in [2.24, 2.45) is 0 Å². The first-order valence-electron chi connectivity index (χ1n) is 10.2. The monoisotopic (exact) mass is 357 g/mol. The molecule has 2 saturated heterocycles. The van der Waals surface area contributed by atoms with Gasteiger partial charge in [-0.05, 0) is 37.8 Å². The number of hydrogen-bond acceptors (Lipinski definition) is 4. The number of rotatable bonds is 3. The van der Waals surface area contributed by atoms with Gasteiger partial charge < -0.3 is 15.1 Å². The lowest BCUT2D eigenvalue weighted by molar-refractivity contribution is 0.108. The van der Waals surface area contributed by atoms with Crippen LogP contribution in [-0.4, -0.2) is 72.2 Å². The highest BCUT2D eigenvalue weighted by Gasteiger charge is 2.29. The molecule has 0 bridgehead atoms. The van der Waals surface area contributed by atoms with Crippen LogP contribution in [0, 0.1) is 0 Å². The van der Waals surface area contributed by atoms with Gasteiger partial charge in [-0.2, -0.15) is 0 Å². The van der Waals surface area contributed by atoms with Crippen molar-refractivity contribution in [1.29, 1.82) is 0 Å². The Hall–Kier alpha value is -1.82. The highest BCUT2D eigenvalue weighted by molar-refractivity contribution is 5.74. The summed E-state index contributed by atoms with van der Waals surface area (Å²) in [4.78, 5) is 24.0. The van der Waals surface area contributed by atoms with Crippen molar-refractivity contribution in [2.75, 3.05) is 44.2 Å². The fourth-order valence-electron chi connectivity index (χ4n) is 4.62. The largest absolute Gasteiger partial charge is 0.356 e. The Kier molecular flexibility index (Phi) is 5.58. The third-order valence-electron chi connectivity index (χ3n) is 6.24. The van der Waals surface area contributed by atoms with E-state index in [0.29, 0.717) is 0 Å². The molecule has 1 aromatic heterocycles. The molecule has 1 saturated carbocycles. The maximum absolute atomic E-state index is 12.6. The number of hydrogen-bond donors (Lipinski definition) is 1. The lowest BCUT2D eigenvalue weighted by Gasteiger charge is -2.39. The first-order valence-corrected chi connectivity index (χ1v) is 10.2. The SMILES string of the molecule is O=C(NC1CCN(c2ccccn2)CC1)N1CCN(C2CCCC2)CC1. The third-order valence-corrected chi connectivity index (χ3v) is 6.24. The summed E-state index contributed by atoms with van der Waals surface area (Å²) in [6, 6.07) is 7.23. The van der Waals surface area contributed by atoms with Crippen LogP contribution in [0.2, 0.25) is 0 Å². The van der Waals surface area contributed by atoms with Crippen molar-refractivity contribution in [3.63, 3.8) is 0 Å². The highest BCUT2D eigenvalue weighted by atomic mass is 16.2. The van der Waals surface area contributed by atoms with E-state index in [1.54, 1.807) is 0 Å². The lowest BCUT2D eigenvalue weighted by Crippen LogP contribution is -2.56. The molecular weight excluding hydrogens is 326 g/mol. The van der Waals surface area contributed by atoms with Crippen LogP contribution in [0.5, 0.6) is 0 Å². The molecule has 0 atom stereocenters. The zero-order chi connectivity index (χ0) is 17.8. The number of nitrogens with one attached hydrogen (secondary N) is 1. The van der Waals surface area contributed by atoms with Crippen LogP contribution in [0.4, 0.5) is 10.6 Å². The molecule has 4 rings (SSSR count). The van der Waals surface area contributed by atoms with Gasteiger partial charge in [0.05, 0.1) is 0 Å². The smallest absolute Gasteiger partial charge is 0.317 e. The van der Waals surface area contributed by atoms with Crippen molar-refractivity contribution in [3.05, 3.63) is 24.4 Å². The van der Waals surface area contributed by atoms with Crippen LogP contribution < -0.4 is 10.2 Å². The second kappa shape index (κ2) is 8.25. The summed E-state index contributed by atoms with van der Waals surface area (Å²) in [5.74, 6) is 1.04. The normalized spacial score (nSPS) is 23.4. The van der Waals surface area contributed by atoms with E-state index >= 15 is 0 Å². The van der Waals surface area contributed by atoms with E-state index in [0.717, 1.165) is 64.0 Å². The van der Waals surface area contributed by atoms with Crippen molar-refractivity contribution in [3.8, 4) is 0 Å². The molecular formula is C20H31N5O. The van der Waals surface area contributed by atoms with Crippen molar-refractivity contribution in [2.45, 2.75) is 50.6 Å². The molecule has 1 aromatic rings. The van der Waals surface area contributed by atoms with Crippen LogP contribution in [-0.2, 0) is 0 Å². The van der Waals surface area contributed by atoms with Crippen LogP contribution in [0.25, 0.3) is 0 Å². The molecule has 6 nitrogen and oxygen atoms in total. The minimum absolute atomic E-state index is 0.132. The summed E-state index contributed by atoms with van der Waals surface area (Å²) >= 11 is 0. The van der Waals surface area contributed by atoms with Crippen LogP contribution >= 0.6 is 0 Å². The standard InChI is InChI=1S/C20H31N5O/c26-20(25-15-13-23(14-16-25)18-5-1-2-6-18)22-17-8-11-24(12-9-17)19-7-3-4-10-21-19/h3-4,7,10,17-18H,1-2,5-6,8-9,11-16H2,(H,22,26). The second-order valence-electron chi connectivity index (χ2n) is 7.86. The van der Waals surface area contributed by atoms with E-state index in [4.69, 9.17) is 0 Å². The molecule has 2 aliphatic heterocycles. The minimum atomic E-state index is 0.132. The van der Waals surface area contributed by atoms with Crippen molar-refractivity contribution in [1.82, 2.24) is 20.1 Å². The maximum Gasteiger partial charge on any atom is 0.317 e. The molecule has 1 N–H and O–H groups in total. The van der Waals surface area contributed by atoms with Gasteiger partial charge in [-0.15, -0.1) is 0 Å². The van der Waals surface area contributed by atoms with Crippen LogP contribution in [0.15, 0.2) is 24.4 Å². The molecule has 1 aliphatic carbocycles. The quantitative estimate of drug-likeness (QED) is 0.902. The number of pyridine rings is 1. The molecule has 6 heteroatoms. The molecule has 3 aliphatic rings. The van der Waals surface area contributed by atoms with Gasteiger partial charge in [0.1, 0.15) is 5.82 Å². The summed E-state index contributed by atoms with van der Waals surface area (Å²) in [6.07, 6.45) is 9.27. The topological polar surface area (TPSA) is 51.7 Å². The number of piperazine rings is 1. The third kappa shape index (κ3) is 4.11. The molecule has 142 valence electrons. The zero-order valence-corrected chi connectivity index (χ0v) is 15.6. The maximum atomic E-state index is 12.6. The van der Waals surface area contributed by atoms with Gasteiger partial charge in [-0.3, -0.25) is 4.90 Å². The van der Waals surface area contributed by atoms with Gasteiger partial charge in [0, 0.05) is 57.5 Å². The van der Waals surface area contributed by atoms with Gasteiger partial charge in [0.25, 0.3) is 0 Å². The molecule has 0 spiro atoms. The minimum Gasteiger partial charge on any atom is -0.356 e. The lowest BCUT2D eigenvalue weighted by atomic mass is 10.1. The highest BCUT2D eigenvalue weighted by Crippen LogP contribution is 2.24. The number of carbonyl (C=O) groups excluding carboxylic acids is 1. The van der Waals surface area contributed by atoms with Crippen molar-refractivity contribution < 1.29 is 4.79 Å². The molecule has 0 radical (unpaired) electrons. The van der Waals surface area contributed by atoms with Crippen LogP contribution in [0.3, 0.4) is 0 Å². The van der Waals surface area contributed by atoms with Crippen LogP contribution in [0.1, 0.15) is 38.5 Å². The number of amides is 2. The summed E-state index contributed by atoms with van der Waals surface area (Å²) in [7, 11) is 0. The number of piperidine rings is 1. The number of nitrogens with zero attached hydrogens (tertiary/aromatic N) is 4. The molecule has 3 fully saturated rings. The summed E-state index contributed by atoms with van der Waals surface area (Å²) in [5.41, 5.74) is 0. The fraction of sp³-hybridized carbons (Fsp3) is 0.700. The van der Waals surface area contributed by atoms with E-state index in [9.17, 15) is 4.79 Å². The molecule has 0 aromatic carbocycles. The number of aromatic nitrogens is 1. The van der Waals surface area contributed by atoms with Gasteiger partial charge in [0.2, 0.25) is 0 Å². The molecule has 3 heterocycles. The summed E-state index contributed by atoms with van der Waals surface area (Å²) in [5, 5.41) is 3.27. The summed E-state index contributed by atoms with van der Waals surface area (Å²) in [6.45, 7) is 5.73. The number of urea groups is 1. The van der Waals surface area contributed by atoms with Gasteiger partial charge in [0.15, 0.2) is 0 Å². The predicted molar refractivity (Wildman–Crippen MR) is 103 cm³/mol. The first kappa shape index (κ1) is 17.6.